The molecule has 0 saturated heterocycles. The highest BCUT2D eigenvalue weighted by Gasteiger charge is 2.07. The van der Waals surface area contributed by atoms with Gasteiger partial charge in [0.15, 0.2) is 0 Å². The van der Waals surface area contributed by atoms with E-state index in [1.165, 1.54) is 11.1 Å². The molecule has 0 radical (unpaired) electrons. The second-order valence-electron chi connectivity index (χ2n) is 6.94. The Labute approximate surface area is 184 Å². The minimum atomic E-state index is -0.0645. The number of thiazole rings is 1. The Morgan fingerprint density at radius 1 is 1.07 bits per heavy atom. The fourth-order valence-electron chi connectivity index (χ4n) is 2.92. The quantitative estimate of drug-likeness (QED) is 0.400. The van der Waals surface area contributed by atoms with E-state index < -0.39 is 0 Å². The number of nitrogens with one attached hydrogen (secondary N) is 1. The maximum atomic E-state index is 12.5. The van der Waals surface area contributed by atoms with Crippen molar-refractivity contribution in [3.8, 4) is 0 Å². The van der Waals surface area contributed by atoms with Crippen molar-refractivity contribution in [1.29, 1.82) is 0 Å². The minimum Gasteiger partial charge on any atom is -0.348 e. The predicted molar refractivity (Wildman–Crippen MR) is 122 cm³/mol. The van der Waals surface area contributed by atoms with Crippen molar-refractivity contribution in [3.05, 3.63) is 100 Å². The van der Waals surface area contributed by atoms with Crippen molar-refractivity contribution in [2.75, 3.05) is 0 Å². The lowest BCUT2D eigenvalue weighted by Gasteiger charge is -2.08. The normalized spacial score (nSPS) is 10.8. The Hall–Kier alpha value is -2.90. The summed E-state index contributed by atoms with van der Waals surface area (Å²) in [6.07, 6.45) is 3.72. The molecule has 0 fully saturated rings. The van der Waals surface area contributed by atoms with E-state index in [1.807, 2.05) is 60.3 Å². The zero-order valence-electron chi connectivity index (χ0n) is 16.6. The van der Waals surface area contributed by atoms with Crippen LogP contribution in [-0.2, 0) is 18.8 Å². The van der Waals surface area contributed by atoms with Crippen LogP contribution in [0.2, 0.25) is 0 Å². The summed E-state index contributed by atoms with van der Waals surface area (Å²) in [6, 6.07) is 17.9. The van der Waals surface area contributed by atoms with Crippen molar-refractivity contribution in [1.82, 2.24) is 20.1 Å². The highest BCUT2D eigenvalue weighted by atomic mass is 32.2. The number of hydrogen-bond donors (Lipinski definition) is 1. The van der Waals surface area contributed by atoms with E-state index in [4.69, 9.17) is 0 Å². The molecule has 0 saturated carbocycles. The second kappa shape index (κ2) is 9.73. The fraction of sp³-hybridized carbons (Fsp3) is 0.174. The number of carbonyl (C=O) groups excluding carboxylic acids is 1. The van der Waals surface area contributed by atoms with Gasteiger partial charge >= 0.3 is 0 Å². The van der Waals surface area contributed by atoms with E-state index >= 15 is 0 Å². The third-order valence-electron chi connectivity index (χ3n) is 4.56. The summed E-state index contributed by atoms with van der Waals surface area (Å²) < 4.78 is 2.96. The number of benzene rings is 2. The molecule has 0 aliphatic rings. The first kappa shape index (κ1) is 20.4. The molecule has 30 heavy (non-hydrogen) atoms. The molecule has 0 unspecified atom stereocenters. The number of aromatic nitrogens is 3. The van der Waals surface area contributed by atoms with Gasteiger partial charge in [0.2, 0.25) is 0 Å². The Balaban J connectivity index is 1.26. The van der Waals surface area contributed by atoms with Crippen molar-refractivity contribution < 1.29 is 4.79 Å². The molecule has 4 aromatic rings. The van der Waals surface area contributed by atoms with E-state index in [2.05, 4.69) is 32.9 Å². The Kier molecular flexibility index (Phi) is 6.61. The molecule has 0 bridgehead atoms. The van der Waals surface area contributed by atoms with Crippen LogP contribution in [0.15, 0.2) is 76.7 Å². The highest BCUT2D eigenvalue weighted by Crippen LogP contribution is 2.26. The topological polar surface area (TPSA) is 59.8 Å². The summed E-state index contributed by atoms with van der Waals surface area (Å²) in [4.78, 5) is 16.9. The standard InChI is InChI=1S/C23H22N4OS2/c1-17-15-29-23(26-17)30-16-20-7-9-21(10-8-20)22(28)24-13-18-3-5-19(6-4-18)14-27-12-2-11-25-27/h2-12,15H,13-14,16H2,1H3,(H,24,28). The van der Waals surface area contributed by atoms with Crippen LogP contribution >= 0.6 is 23.1 Å². The van der Waals surface area contributed by atoms with E-state index in [9.17, 15) is 4.79 Å². The maximum absolute atomic E-state index is 12.5. The lowest BCUT2D eigenvalue weighted by Crippen LogP contribution is -2.22. The first-order valence-electron chi connectivity index (χ1n) is 9.63. The first-order valence-corrected chi connectivity index (χ1v) is 11.5. The molecule has 152 valence electrons. The molecule has 0 atom stereocenters. The average Bonchev–Trinajstić information content (AvgIpc) is 3.43. The van der Waals surface area contributed by atoms with Crippen LogP contribution in [0.4, 0.5) is 0 Å². The average molecular weight is 435 g/mol. The van der Waals surface area contributed by atoms with Crippen LogP contribution in [0, 0.1) is 6.92 Å². The van der Waals surface area contributed by atoms with Gasteiger partial charge in [0.05, 0.1) is 6.54 Å². The molecule has 5 nitrogen and oxygen atoms in total. The lowest BCUT2D eigenvalue weighted by molar-refractivity contribution is 0.0951. The van der Waals surface area contributed by atoms with Gasteiger partial charge in [0.25, 0.3) is 5.91 Å². The van der Waals surface area contributed by atoms with Gasteiger partial charge in [-0.1, -0.05) is 48.2 Å². The third kappa shape index (κ3) is 5.58. The molecule has 2 aromatic carbocycles. The van der Waals surface area contributed by atoms with Gasteiger partial charge in [-0.2, -0.15) is 5.10 Å². The van der Waals surface area contributed by atoms with Crippen LogP contribution in [0.1, 0.15) is 32.7 Å². The minimum absolute atomic E-state index is 0.0645. The highest BCUT2D eigenvalue weighted by molar-refractivity contribution is 8.00. The summed E-state index contributed by atoms with van der Waals surface area (Å²) >= 11 is 3.39. The first-order chi connectivity index (χ1) is 14.7. The monoisotopic (exact) mass is 434 g/mol. The smallest absolute Gasteiger partial charge is 0.251 e. The maximum Gasteiger partial charge on any atom is 0.251 e. The summed E-state index contributed by atoms with van der Waals surface area (Å²) in [5.41, 5.74) is 5.15. The van der Waals surface area contributed by atoms with Gasteiger partial charge in [0, 0.05) is 41.3 Å². The molecule has 4 rings (SSSR count). The molecule has 2 heterocycles. The fourth-order valence-corrected chi connectivity index (χ4v) is 4.73. The van der Waals surface area contributed by atoms with Gasteiger partial charge in [-0.3, -0.25) is 9.48 Å². The molecule has 1 amide bonds. The third-order valence-corrected chi connectivity index (χ3v) is 6.77. The number of aryl methyl sites for hydroxylation is 1. The SMILES string of the molecule is Cc1csc(SCc2ccc(C(=O)NCc3ccc(Cn4cccn4)cc3)cc2)n1. The van der Waals surface area contributed by atoms with E-state index in [0.29, 0.717) is 12.1 Å². The number of carbonyl (C=O) groups is 1. The predicted octanol–water partition coefficient (Wildman–Crippen LogP) is 4.92. The largest absolute Gasteiger partial charge is 0.348 e. The lowest BCUT2D eigenvalue weighted by atomic mass is 10.1. The zero-order chi connectivity index (χ0) is 20.8. The Bertz CT molecular complexity index is 1090. The van der Waals surface area contributed by atoms with Crippen LogP contribution in [0.25, 0.3) is 0 Å². The second-order valence-corrected chi connectivity index (χ2v) is 9.02. The molecular weight excluding hydrogens is 412 g/mol. The summed E-state index contributed by atoms with van der Waals surface area (Å²) in [6.45, 7) is 3.25. The van der Waals surface area contributed by atoms with Crippen LogP contribution < -0.4 is 5.32 Å². The van der Waals surface area contributed by atoms with E-state index in [0.717, 1.165) is 27.9 Å². The Morgan fingerprint density at radius 2 is 1.80 bits per heavy atom. The van der Waals surface area contributed by atoms with Gasteiger partial charge < -0.3 is 5.32 Å². The molecule has 7 heteroatoms. The summed E-state index contributed by atoms with van der Waals surface area (Å²) in [5.74, 6) is 0.782. The van der Waals surface area contributed by atoms with Crippen molar-refractivity contribution in [2.45, 2.75) is 30.1 Å². The zero-order valence-corrected chi connectivity index (χ0v) is 18.2. The van der Waals surface area contributed by atoms with Crippen molar-refractivity contribution in [3.63, 3.8) is 0 Å². The number of amides is 1. The van der Waals surface area contributed by atoms with Gasteiger partial charge in [-0.25, -0.2) is 4.98 Å². The van der Waals surface area contributed by atoms with Gasteiger partial charge in [-0.15, -0.1) is 11.3 Å². The van der Waals surface area contributed by atoms with Crippen LogP contribution in [0.3, 0.4) is 0 Å². The van der Waals surface area contributed by atoms with Gasteiger partial charge in [-0.05, 0) is 41.8 Å². The number of rotatable bonds is 8. The summed E-state index contributed by atoms with van der Waals surface area (Å²) in [7, 11) is 0. The summed E-state index contributed by atoms with van der Waals surface area (Å²) in [5, 5.41) is 9.27. The van der Waals surface area contributed by atoms with E-state index in [1.54, 1.807) is 29.3 Å². The molecule has 2 aromatic heterocycles. The van der Waals surface area contributed by atoms with Crippen LogP contribution in [-0.4, -0.2) is 20.7 Å². The molecule has 0 aliphatic heterocycles. The number of nitrogens with zero attached hydrogens (tertiary/aromatic N) is 3. The molecule has 0 spiro atoms. The van der Waals surface area contributed by atoms with E-state index in [-0.39, 0.29) is 5.91 Å². The van der Waals surface area contributed by atoms with Crippen molar-refractivity contribution >= 4 is 29.0 Å². The number of hydrogen-bond acceptors (Lipinski definition) is 5. The molecule has 1 N–H and O–H groups in total. The van der Waals surface area contributed by atoms with Crippen molar-refractivity contribution in [2.24, 2.45) is 0 Å². The van der Waals surface area contributed by atoms with Crippen LogP contribution in [0.5, 0.6) is 0 Å². The molecular formula is C23H22N4OS2. The molecule has 0 aliphatic carbocycles. The Morgan fingerprint density at radius 3 is 2.47 bits per heavy atom. The number of thioether (sulfide) groups is 1. The van der Waals surface area contributed by atoms with Gasteiger partial charge in [0.1, 0.15) is 4.34 Å².